The number of fused-ring (bicyclic) bond motifs is 2. The van der Waals surface area contributed by atoms with Crippen LogP contribution in [-0.2, 0) is 4.74 Å². The summed E-state index contributed by atoms with van der Waals surface area (Å²) in [5.41, 5.74) is 0. The van der Waals surface area contributed by atoms with Crippen molar-refractivity contribution in [1.82, 2.24) is 0 Å². The number of hydrogen-bond donors (Lipinski definition) is 0. The molecular formula is C14H18O. The van der Waals surface area contributed by atoms with E-state index in [1.54, 1.807) is 0 Å². The third kappa shape index (κ3) is 1.13. The Bertz CT molecular complexity index is 298. The smallest absolute Gasteiger partial charge is 0.0797 e. The molecule has 0 radical (unpaired) electrons. The molecule has 0 aromatic carbocycles. The summed E-state index contributed by atoms with van der Waals surface area (Å²) < 4.78 is 6.27. The zero-order chi connectivity index (χ0) is 9.83. The molecule has 0 saturated heterocycles. The number of rotatable bonds is 2. The second-order valence-corrected chi connectivity index (χ2v) is 5.65. The highest BCUT2D eigenvalue weighted by atomic mass is 16.5. The van der Waals surface area contributed by atoms with Crippen LogP contribution in [-0.4, -0.2) is 12.2 Å². The maximum atomic E-state index is 6.27. The Labute approximate surface area is 91.2 Å². The highest BCUT2D eigenvalue weighted by Gasteiger charge is 2.44. The molecule has 2 saturated carbocycles. The van der Waals surface area contributed by atoms with Crippen LogP contribution in [0.25, 0.3) is 0 Å². The first-order chi connectivity index (χ1) is 7.42. The van der Waals surface area contributed by atoms with Crippen molar-refractivity contribution in [3.63, 3.8) is 0 Å². The summed E-state index contributed by atoms with van der Waals surface area (Å²) in [7, 11) is 0. The molecule has 1 heteroatoms. The third-order valence-corrected chi connectivity index (χ3v) is 5.02. The fourth-order valence-corrected chi connectivity index (χ4v) is 3.66. The van der Waals surface area contributed by atoms with Crippen LogP contribution in [0.2, 0.25) is 0 Å². The monoisotopic (exact) mass is 202 g/mol. The van der Waals surface area contributed by atoms with Gasteiger partial charge in [-0.15, -0.1) is 0 Å². The molecule has 0 aromatic rings. The van der Waals surface area contributed by atoms with Crippen molar-refractivity contribution in [1.29, 1.82) is 0 Å². The number of ether oxygens (including phenoxy) is 1. The van der Waals surface area contributed by atoms with Crippen molar-refractivity contribution >= 4 is 0 Å². The highest BCUT2D eigenvalue weighted by Crippen LogP contribution is 2.48. The van der Waals surface area contributed by atoms with Crippen molar-refractivity contribution < 1.29 is 4.74 Å². The molecule has 0 aliphatic heterocycles. The van der Waals surface area contributed by atoms with Gasteiger partial charge in [-0.1, -0.05) is 24.3 Å². The van der Waals surface area contributed by atoms with Crippen LogP contribution in [0, 0.1) is 23.7 Å². The van der Waals surface area contributed by atoms with E-state index in [4.69, 9.17) is 4.74 Å². The van der Waals surface area contributed by atoms with Gasteiger partial charge in [-0.2, -0.15) is 0 Å². The summed E-state index contributed by atoms with van der Waals surface area (Å²) in [5.74, 6) is 3.38. The summed E-state index contributed by atoms with van der Waals surface area (Å²) >= 11 is 0. The first-order valence-corrected chi connectivity index (χ1v) is 6.44. The molecule has 6 unspecified atom stereocenters. The SMILES string of the molecule is C1=CC(OC2C=CC3CCC32)C2CCC12. The van der Waals surface area contributed by atoms with E-state index in [9.17, 15) is 0 Å². The van der Waals surface area contributed by atoms with Crippen LogP contribution in [0.4, 0.5) is 0 Å². The topological polar surface area (TPSA) is 9.23 Å². The van der Waals surface area contributed by atoms with Gasteiger partial charge in [-0.3, -0.25) is 0 Å². The number of hydrogen-bond acceptors (Lipinski definition) is 1. The predicted octanol–water partition coefficient (Wildman–Crippen LogP) is 2.93. The van der Waals surface area contributed by atoms with Crippen LogP contribution in [0.1, 0.15) is 25.7 Å². The minimum absolute atomic E-state index is 0.442. The van der Waals surface area contributed by atoms with E-state index in [1.807, 2.05) is 0 Å². The third-order valence-electron chi connectivity index (χ3n) is 5.02. The first-order valence-electron chi connectivity index (χ1n) is 6.44. The molecule has 4 aliphatic rings. The lowest BCUT2D eigenvalue weighted by molar-refractivity contribution is -0.0582. The van der Waals surface area contributed by atoms with E-state index in [1.165, 1.54) is 25.7 Å². The van der Waals surface area contributed by atoms with Crippen LogP contribution in [0.5, 0.6) is 0 Å². The summed E-state index contributed by atoms with van der Waals surface area (Å²) in [4.78, 5) is 0. The van der Waals surface area contributed by atoms with Gasteiger partial charge in [0.05, 0.1) is 12.2 Å². The zero-order valence-electron chi connectivity index (χ0n) is 9.01. The lowest BCUT2D eigenvalue weighted by Crippen LogP contribution is -2.37. The molecule has 4 aliphatic carbocycles. The molecule has 6 atom stereocenters. The molecule has 0 spiro atoms. The lowest BCUT2D eigenvalue weighted by atomic mass is 9.74. The fourth-order valence-electron chi connectivity index (χ4n) is 3.66. The van der Waals surface area contributed by atoms with Gasteiger partial charge in [0, 0.05) is 0 Å². The van der Waals surface area contributed by atoms with Crippen molar-refractivity contribution in [2.24, 2.45) is 23.7 Å². The molecule has 0 N–H and O–H groups in total. The van der Waals surface area contributed by atoms with Crippen LogP contribution < -0.4 is 0 Å². The number of allylic oxidation sites excluding steroid dienone is 2. The van der Waals surface area contributed by atoms with Gasteiger partial charge in [-0.05, 0) is 49.4 Å². The van der Waals surface area contributed by atoms with Crippen molar-refractivity contribution in [2.75, 3.05) is 0 Å². The molecule has 0 amide bonds. The summed E-state index contributed by atoms with van der Waals surface area (Å²) in [6.45, 7) is 0. The minimum Gasteiger partial charge on any atom is -0.366 e. The summed E-state index contributed by atoms with van der Waals surface area (Å²) in [6.07, 6.45) is 15.9. The van der Waals surface area contributed by atoms with E-state index in [-0.39, 0.29) is 0 Å². The van der Waals surface area contributed by atoms with Crippen molar-refractivity contribution in [2.45, 2.75) is 37.9 Å². The van der Waals surface area contributed by atoms with Gasteiger partial charge >= 0.3 is 0 Å². The molecule has 0 aromatic heterocycles. The second-order valence-electron chi connectivity index (χ2n) is 5.65. The second kappa shape index (κ2) is 2.98. The van der Waals surface area contributed by atoms with Gasteiger partial charge < -0.3 is 4.74 Å². The Kier molecular flexibility index (Phi) is 1.70. The van der Waals surface area contributed by atoms with Gasteiger partial charge in [0.25, 0.3) is 0 Å². The Balaban J connectivity index is 1.44. The average molecular weight is 202 g/mol. The molecule has 4 rings (SSSR count). The minimum atomic E-state index is 0.442. The van der Waals surface area contributed by atoms with E-state index >= 15 is 0 Å². The highest BCUT2D eigenvalue weighted by molar-refractivity contribution is 5.16. The molecule has 0 heterocycles. The van der Waals surface area contributed by atoms with Gasteiger partial charge in [0.2, 0.25) is 0 Å². The first kappa shape index (κ1) is 8.58. The quantitative estimate of drug-likeness (QED) is 0.626. The van der Waals surface area contributed by atoms with Crippen LogP contribution in [0.15, 0.2) is 24.3 Å². The van der Waals surface area contributed by atoms with Crippen molar-refractivity contribution in [3.05, 3.63) is 24.3 Å². The molecule has 0 bridgehead atoms. The molecule has 15 heavy (non-hydrogen) atoms. The molecule has 1 nitrogen and oxygen atoms in total. The van der Waals surface area contributed by atoms with Crippen LogP contribution >= 0.6 is 0 Å². The molecule has 2 fully saturated rings. The van der Waals surface area contributed by atoms with E-state index < -0.39 is 0 Å². The molecule has 80 valence electrons. The average Bonchev–Trinajstić information content (AvgIpc) is 2.52. The Morgan fingerprint density at radius 2 is 1.20 bits per heavy atom. The molecular weight excluding hydrogens is 184 g/mol. The maximum Gasteiger partial charge on any atom is 0.0797 e. The van der Waals surface area contributed by atoms with Crippen LogP contribution in [0.3, 0.4) is 0 Å². The normalized spacial score (nSPS) is 54.7. The summed E-state index contributed by atoms with van der Waals surface area (Å²) in [6, 6.07) is 0. The van der Waals surface area contributed by atoms with Gasteiger partial charge in [-0.25, -0.2) is 0 Å². The van der Waals surface area contributed by atoms with Gasteiger partial charge in [0.15, 0.2) is 0 Å². The Morgan fingerprint density at radius 1 is 0.667 bits per heavy atom. The van der Waals surface area contributed by atoms with Crippen molar-refractivity contribution in [3.8, 4) is 0 Å². The Morgan fingerprint density at radius 3 is 1.53 bits per heavy atom. The standard InChI is InChI=1S/C14H18O/c1-5-11-9(1)3-7-13(11)15-14-8-4-10-2-6-12(10)14/h3-4,7-14H,1-2,5-6H2. The summed E-state index contributed by atoms with van der Waals surface area (Å²) in [5, 5.41) is 0. The van der Waals surface area contributed by atoms with E-state index in [0.29, 0.717) is 12.2 Å². The predicted molar refractivity (Wildman–Crippen MR) is 59.4 cm³/mol. The maximum absolute atomic E-state index is 6.27. The largest absolute Gasteiger partial charge is 0.366 e. The van der Waals surface area contributed by atoms with E-state index in [0.717, 1.165) is 23.7 Å². The zero-order valence-corrected chi connectivity index (χ0v) is 9.01. The lowest BCUT2D eigenvalue weighted by Gasteiger charge is -2.39. The fraction of sp³-hybridized carbons (Fsp3) is 0.714. The van der Waals surface area contributed by atoms with Gasteiger partial charge in [0.1, 0.15) is 0 Å². The Hall–Kier alpha value is -0.560. The van der Waals surface area contributed by atoms with E-state index in [2.05, 4.69) is 24.3 Å².